The van der Waals surface area contributed by atoms with Crippen molar-refractivity contribution in [3.63, 3.8) is 0 Å². The third-order valence-electron chi connectivity index (χ3n) is 4.66. The average Bonchev–Trinajstić information content (AvgIpc) is 2.58. The van der Waals surface area contributed by atoms with Crippen molar-refractivity contribution in [2.24, 2.45) is 7.05 Å². The van der Waals surface area contributed by atoms with Crippen LogP contribution in [-0.4, -0.2) is 33.0 Å². The molecule has 0 spiro atoms. The van der Waals surface area contributed by atoms with Gasteiger partial charge >= 0.3 is 0 Å². The fraction of sp³-hybridized carbons (Fsp3) is 0.278. The third kappa shape index (κ3) is 2.24. The SMILES string of the molecule is CN1CCC1c1nc2cc(-c3ccccn3)ccc2c(=O)n1C. The average molecular weight is 306 g/mol. The van der Waals surface area contributed by atoms with Crippen molar-refractivity contribution in [2.45, 2.75) is 12.5 Å². The topological polar surface area (TPSA) is 51.0 Å². The maximum Gasteiger partial charge on any atom is 0.261 e. The molecular weight excluding hydrogens is 288 g/mol. The van der Waals surface area contributed by atoms with Crippen LogP contribution in [0.25, 0.3) is 22.2 Å². The van der Waals surface area contributed by atoms with Gasteiger partial charge < -0.3 is 0 Å². The molecule has 1 aliphatic heterocycles. The molecule has 0 amide bonds. The zero-order chi connectivity index (χ0) is 16.0. The molecule has 3 heterocycles. The second kappa shape index (κ2) is 5.28. The van der Waals surface area contributed by atoms with E-state index in [9.17, 15) is 4.79 Å². The summed E-state index contributed by atoms with van der Waals surface area (Å²) < 4.78 is 1.68. The summed E-state index contributed by atoms with van der Waals surface area (Å²) in [6.07, 6.45) is 2.81. The van der Waals surface area contributed by atoms with E-state index in [1.54, 1.807) is 10.8 Å². The van der Waals surface area contributed by atoms with Crippen LogP contribution in [0.3, 0.4) is 0 Å². The molecule has 5 heteroatoms. The molecule has 3 aromatic rings. The van der Waals surface area contributed by atoms with E-state index >= 15 is 0 Å². The zero-order valence-corrected chi connectivity index (χ0v) is 13.2. The van der Waals surface area contributed by atoms with Crippen molar-refractivity contribution >= 4 is 10.9 Å². The molecule has 1 saturated heterocycles. The molecule has 116 valence electrons. The van der Waals surface area contributed by atoms with Crippen LogP contribution in [-0.2, 0) is 7.05 Å². The smallest absolute Gasteiger partial charge is 0.261 e. The first-order valence-corrected chi connectivity index (χ1v) is 7.77. The Bertz CT molecular complexity index is 933. The fourth-order valence-corrected chi connectivity index (χ4v) is 3.12. The van der Waals surface area contributed by atoms with Gasteiger partial charge in [0.15, 0.2) is 0 Å². The highest BCUT2D eigenvalue weighted by Crippen LogP contribution is 2.30. The summed E-state index contributed by atoms with van der Waals surface area (Å²) in [4.78, 5) is 24.0. The Balaban J connectivity index is 1.90. The van der Waals surface area contributed by atoms with E-state index in [0.29, 0.717) is 5.39 Å². The quantitative estimate of drug-likeness (QED) is 0.729. The second-order valence-corrected chi connectivity index (χ2v) is 6.07. The molecule has 1 unspecified atom stereocenters. The first kappa shape index (κ1) is 14.1. The number of nitrogens with zero attached hydrogens (tertiary/aromatic N) is 4. The molecule has 0 aliphatic carbocycles. The van der Waals surface area contributed by atoms with Crippen molar-refractivity contribution in [2.75, 3.05) is 13.6 Å². The van der Waals surface area contributed by atoms with E-state index in [0.717, 1.165) is 35.6 Å². The molecule has 1 atom stereocenters. The van der Waals surface area contributed by atoms with Crippen LogP contribution in [0.1, 0.15) is 18.3 Å². The van der Waals surface area contributed by atoms with Gasteiger partial charge in [-0.3, -0.25) is 19.2 Å². The van der Waals surface area contributed by atoms with Crippen LogP contribution >= 0.6 is 0 Å². The van der Waals surface area contributed by atoms with Gasteiger partial charge in [-0.1, -0.05) is 12.1 Å². The van der Waals surface area contributed by atoms with Gasteiger partial charge in [-0.25, -0.2) is 4.98 Å². The normalized spacial score (nSPS) is 18.1. The minimum atomic E-state index is 0.0119. The number of hydrogen-bond donors (Lipinski definition) is 0. The molecule has 0 N–H and O–H groups in total. The third-order valence-corrected chi connectivity index (χ3v) is 4.66. The van der Waals surface area contributed by atoms with E-state index in [1.807, 2.05) is 43.4 Å². The Morgan fingerprint density at radius 1 is 1.17 bits per heavy atom. The monoisotopic (exact) mass is 306 g/mol. The van der Waals surface area contributed by atoms with Gasteiger partial charge in [0.2, 0.25) is 0 Å². The molecule has 0 saturated carbocycles. The number of aromatic nitrogens is 3. The molecule has 1 aliphatic rings. The van der Waals surface area contributed by atoms with Gasteiger partial charge in [-0.2, -0.15) is 0 Å². The summed E-state index contributed by atoms with van der Waals surface area (Å²) in [5, 5.41) is 0.651. The van der Waals surface area contributed by atoms with Gasteiger partial charge in [0.05, 0.1) is 22.6 Å². The molecule has 4 rings (SSSR count). The van der Waals surface area contributed by atoms with Crippen molar-refractivity contribution in [3.8, 4) is 11.3 Å². The summed E-state index contributed by atoms with van der Waals surface area (Å²) in [6.45, 7) is 1.05. The highest BCUT2D eigenvalue weighted by molar-refractivity contribution is 5.83. The standard InChI is InChI=1S/C18H18N4O/c1-21-10-8-16(21)17-20-15-11-12(14-5-3-4-9-19-14)6-7-13(15)18(23)22(17)2/h3-7,9,11,16H,8,10H2,1-2H3. The van der Waals surface area contributed by atoms with Crippen LogP contribution < -0.4 is 5.56 Å². The van der Waals surface area contributed by atoms with E-state index in [-0.39, 0.29) is 11.6 Å². The summed E-state index contributed by atoms with van der Waals surface area (Å²) in [7, 11) is 3.87. The maximum absolute atomic E-state index is 12.6. The van der Waals surface area contributed by atoms with Crippen molar-refractivity contribution < 1.29 is 0 Å². The minimum Gasteiger partial charge on any atom is -0.298 e. The molecule has 0 radical (unpaired) electrons. The highest BCUT2D eigenvalue weighted by Gasteiger charge is 2.29. The molecule has 23 heavy (non-hydrogen) atoms. The van der Waals surface area contributed by atoms with Gasteiger partial charge in [0.1, 0.15) is 5.82 Å². The lowest BCUT2D eigenvalue weighted by Crippen LogP contribution is -2.41. The number of pyridine rings is 1. The van der Waals surface area contributed by atoms with Crippen molar-refractivity contribution in [1.29, 1.82) is 0 Å². The summed E-state index contributed by atoms with van der Waals surface area (Å²) in [5.41, 5.74) is 2.62. The van der Waals surface area contributed by atoms with E-state index in [2.05, 4.69) is 16.9 Å². The number of hydrogen-bond acceptors (Lipinski definition) is 4. The first-order valence-electron chi connectivity index (χ1n) is 7.77. The lowest BCUT2D eigenvalue weighted by molar-refractivity contribution is 0.116. The van der Waals surface area contributed by atoms with Crippen LogP contribution in [0.5, 0.6) is 0 Å². The molecule has 0 bridgehead atoms. The molecular formula is C18H18N4O. The number of rotatable bonds is 2. The van der Waals surface area contributed by atoms with Crippen molar-refractivity contribution in [3.05, 3.63) is 58.8 Å². The zero-order valence-electron chi connectivity index (χ0n) is 13.2. The van der Waals surface area contributed by atoms with Gasteiger partial charge in [-0.15, -0.1) is 0 Å². The largest absolute Gasteiger partial charge is 0.298 e. The lowest BCUT2D eigenvalue weighted by atomic mass is 10.0. The van der Waals surface area contributed by atoms with E-state index in [1.165, 1.54) is 0 Å². The van der Waals surface area contributed by atoms with E-state index in [4.69, 9.17) is 4.98 Å². The highest BCUT2D eigenvalue weighted by atomic mass is 16.1. The van der Waals surface area contributed by atoms with Crippen LogP contribution in [0.15, 0.2) is 47.4 Å². The van der Waals surface area contributed by atoms with Crippen LogP contribution in [0.2, 0.25) is 0 Å². The fourth-order valence-electron chi connectivity index (χ4n) is 3.12. The van der Waals surface area contributed by atoms with Gasteiger partial charge in [0.25, 0.3) is 5.56 Å². The Labute approximate surface area is 134 Å². The summed E-state index contributed by atoms with van der Waals surface area (Å²) in [6, 6.07) is 11.8. The molecule has 2 aromatic heterocycles. The molecule has 1 fully saturated rings. The van der Waals surface area contributed by atoms with Crippen LogP contribution in [0.4, 0.5) is 0 Å². The Hall–Kier alpha value is -2.53. The van der Waals surface area contributed by atoms with Crippen LogP contribution in [0, 0.1) is 0 Å². The number of likely N-dealkylation sites (tertiary alicyclic amines) is 1. The second-order valence-electron chi connectivity index (χ2n) is 6.07. The predicted octanol–water partition coefficient (Wildman–Crippen LogP) is 2.37. The Kier molecular flexibility index (Phi) is 3.23. The first-order chi connectivity index (χ1) is 11.1. The predicted molar refractivity (Wildman–Crippen MR) is 90.2 cm³/mol. The molecule has 5 nitrogen and oxygen atoms in total. The summed E-state index contributed by atoms with van der Waals surface area (Å²) >= 11 is 0. The Morgan fingerprint density at radius 3 is 2.70 bits per heavy atom. The molecule has 1 aromatic carbocycles. The van der Waals surface area contributed by atoms with Crippen molar-refractivity contribution in [1.82, 2.24) is 19.4 Å². The van der Waals surface area contributed by atoms with Gasteiger partial charge in [-0.05, 0) is 37.7 Å². The number of fused-ring (bicyclic) bond motifs is 1. The van der Waals surface area contributed by atoms with E-state index < -0.39 is 0 Å². The Morgan fingerprint density at radius 2 is 2.04 bits per heavy atom. The van der Waals surface area contributed by atoms with Gasteiger partial charge in [0, 0.05) is 25.4 Å². The minimum absolute atomic E-state index is 0.0119. The lowest BCUT2D eigenvalue weighted by Gasteiger charge is -2.37. The summed E-state index contributed by atoms with van der Waals surface area (Å²) in [5.74, 6) is 0.842. The number of benzene rings is 1. The maximum atomic E-state index is 12.6.